The summed E-state index contributed by atoms with van der Waals surface area (Å²) in [7, 11) is 0. The number of aromatic amines is 2. The number of fused-ring (bicyclic) bond motifs is 2. The fourth-order valence-electron chi connectivity index (χ4n) is 2.70. The molecule has 0 unspecified atom stereocenters. The lowest BCUT2D eigenvalue weighted by Crippen LogP contribution is -2.42. The number of H-pyrrole nitrogens is 2. The van der Waals surface area contributed by atoms with E-state index < -0.39 is 11.6 Å². The lowest BCUT2D eigenvalue weighted by molar-refractivity contribution is 0.191. The van der Waals surface area contributed by atoms with Gasteiger partial charge in [-0.3, -0.25) is 5.10 Å². The van der Waals surface area contributed by atoms with Crippen molar-refractivity contribution in [3.05, 3.63) is 36.8 Å². The number of hydrogen-bond donors (Lipinski definition) is 3. The Morgan fingerprint density at radius 3 is 2.88 bits per heavy atom. The Hall–Kier alpha value is -3.42. The van der Waals surface area contributed by atoms with E-state index in [1.54, 1.807) is 18.6 Å². The third kappa shape index (κ3) is 2.97. The van der Waals surface area contributed by atoms with Crippen LogP contribution in [0.1, 0.15) is 20.8 Å². The maximum atomic E-state index is 12.1. The highest BCUT2D eigenvalue weighted by atomic mass is 16.6. The molecular formula is C18H18N6O2. The molecule has 26 heavy (non-hydrogen) atoms. The van der Waals surface area contributed by atoms with Gasteiger partial charge in [0.15, 0.2) is 16.9 Å². The molecule has 0 aliphatic rings. The van der Waals surface area contributed by atoms with Crippen molar-refractivity contribution in [1.29, 1.82) is 0 Å². The van der Waals surface area contributed by atoms with Crippen LogP contribution in [0.3, 0.4) is 0 Å². The Morgan fingerprint density at radius 2 is 2.08 bits per heavy atom. The van der Waals surface area contributed by atoms with E-state index >= 15 is 0 Å². The van der Waals surface area contributed by atoms with E-state index in [0.717, 1.165) is 16.5 Å². The summed E-state index contributed by atoms with van der Waals surface area (Å²) in [6, 6.07) is 5.82. The number of nitrogens with zero attached hydrogens (tertiary/aromatic N) is 3. The second-order valence-corrected chi connectivity index (χ2v) is 7.01. The van der Waals surface area contributed by atoms with Crippen LogP contribution in [0.15, 0.2) is 36.8 Å². The Kier molecular flexibility index (Phi) is 3.61. The van der Waals surface area contributed by atoms with Gasteiger partial charge in [-0.2, -0.15) is 5.10 Å². The zero-order valence-electron chi connectivity index (χ0n) is 14.6. The van der Waals surface area contributed by atoms with Gasteiger partial charge in [0.05, 0.1) is 23.6 Å². The predicted octanol–water partition coefficient (Wildman–Crippen LogP) is 3.39. The zero-order chi connectivity index (χ0) is 18.3. The molecule has 3 N–H and O–H groups in total. The highest BCUT2D eigenvalue weighted by Crippen LogP contribution is 2.29. The molecule has 0 spiro atoms. The van der Waals surface area contributed by atoms with Gasteiger partial charge in [0, 0.05) is 22.7 Å². The largest absolute Gasteiger partial charge is 0.413 e. The van der Waals surface area contributed by atoms with Crippen LogP contribution >= 0.6 is 0 Å². The highest BCUT2D eigenvalue weighted by Gasteiger charge is 2.18. The summed E-state index contributed by atoms with van der Waals surface area (Å²) in [6.07, 6.45) is 4.47. The van der Waals surface area contributed by atoms with E-state index in [4.69, 9.17) is 4.74 Å². The van der Waals surface area contributed by atoms with Gasteiger partial charge in [0.25, 0.3) is 0 Å². The third-order valence-electron chi connectivity index (χ3n) is 3.79. The Labute approximate surface area is 149 Å². The van der Waals surface area contributed by atoms with Gasteiger partial charge >= 0.3 is 6.09 Å². The molecule has 0 aliphatic carbocycles. The molecule has 0 saturated heterocycles. The van der Waals surface area contributed by atoms with Crippen molar-refractivity contribution in [3.8, 4) is 17.0 Å². The molecule has 0 aliphatic heterocycles. The van der Waals surface area contributed by atoms with Crippen LogP contribution < -0.4 is 10.1 Å². The van der Waals surface area contributed by atoms with Crippen LogP contribution in [0.25, 0.3) is 33.3 Å². The van der Waals surface area contributed by atoms with Crippen LogP contribution in [0.4, 0.5) is 4.79 Å². The number of benzene rings is 1. The summed E-state index contributed by atoms with van der Waals surface area (Å²) < 4.78 is 5.40. The minimum absolute atomic E-state index is 0.329. The number of aromatic nitrogens is 5. The second kappa shape index (κ2) is 5.83. The molecule has 4 rings (SSSR count). The Balaban J connectivity index is 1.73. The summed E-state index contributed by atoms with van der Waals surface area (Å²) in [5.41, 5.74) is 3.14. The second-order valence-electron chi connectivity index (χ2n) is 7.01. The quantitative estimate of drug-likeness (QED) is 0.513. The average Bonchev–Trinajstić information content (AvgIpc) is 3.19. The van der Waals surface area contributed by atoms with Crippen molar-refractivity contribution < 1.29 is 9.53 Å². The van der Waals surface area contributed by atoms with Crippen LogP contribution in [-0.2, 0) is 0 Å². The van der Waals surface area contributed by atoms with Crippen molar-refractivity contribution in [3.63, 3.8) is 0 Å². The zero-order valence-corrected chi connectivity index (χ0v) is 14.6. The van der Waals surface area contributed by atoms with Crippen molar-refractivity contribution in [1.82, 2.24) is 30.5 Å². The lowest BCUT2D eigenvalue weighted by Gasteiger charge is -2.19. The van der Waals surface area contributed by atoms with Gasteiger partial charge in [0.2, 0.25) is 0 Å². The number of ether oxygens (including phenoxy) is 1. The fraction of sp³-hybridized carbons (Fsp3) is 0.222. The smallest absolute Gasteiger partial charge is 0.406 e. The lowest BCUT2D eigenvalue weighted by atomic mass is 10.1. The van der Waals surface area contributed by atoms with Crippen molar-refractivity contribution in [2.75, 3.05) is 0 Å². The number of nitrogens with one attached hydrogen (secondary N) is 3. The molecule has 1 amide bonds. The summed E-state index contributed by atoms with van der Waals surface area (Å²) in [4.78, 5) is 24.1. The van der Waals surface area contributed by atoms with Gasteiger partial charge in [-0.15, -0.1) is 0 Å². The molecule has 1 aromatic carbocycles. The Morgan fingerprint density at radius 1 is 1.23 bits per heavy atom. The van der Waals surface area contributed by atoms with E-state index in [9.17, 15) is 4.79 Å². The van der Waals surface area contributed by atoms with E-state index in [0.29, 0.717) is 22.6 Å². The molecule has 0 fully saturated rings. The van der Waals surface area contributed by atoms with E-state index in [1.807, 2.05) is 39.0 Å². The molecule has 132 valence electrons. The minimum atomic E-state index is -0.539. The predicted molar refractivity (Wildman–Crippen MR) is 97.9 cm³/mol. The summed E-state index contributed by atoms with van der Waals surface area (Å²) in [5, 5.41) is 10.7. The molecule has 3 heterocycles. The first kappa shape index (κ1) is 16.1. The molecule has 0 bridgehead atoms. The van der Waals surface area contributed by atoms with E-state index in [1.165, 1.54) is 0 Å². The number of amides is 1. The molecule has 0 atom stereocenters. The third-order valence-corrected chi connectivity index (χ3v) is 3.79. The number of carbonyl (C=O) groups excluding carboxylic acids is 1. The normalized spacial score (nSPS) is 11.8. The fourth-order valence-corrected chi connectivity index (χ4v) is 2.70. The number of hydrogen-bond acceptors (Lipinski definition) is 5. The van der Waals surface area contributed by atoms with Crippen LogP contribution in [0, 0.1) is 0 Å². The molecule has 8 nitrogen and oxygen atoms in total. The molecule has 0 saturated carbocycles. The summed E-state index contributed by atoms with van der Waals surface area (Å²) >= 11 is 0. The Bertz CT molecular complexity index is 1110. The number of carbonyl (C=O) groups is 1. The molecular weight excluding hydrogens is 332 g/mol. The molecule has 8 heteroatoms. The van der Waals surface area contributed by atoms with Crippen molar-refractivity contribution in [2.24, 2.45) is 0 Å². The van der Waals surface area contributed by atoms with Gasteiger partial charge in [-0.05, 0) is 26.8 Å². The minimum Gasteiger partial charge on any atom is -0.406 e. The van der Waals surface area contributed by atoms with Gasteiger partial charge in [0.1, 0.15) is 0 Å². The molecule has 3 aromatic heterocycles. The first-order valence-electron chi connectivity index (χ1n) is 8.17. The van der Waals surface area contributed by atoms with Gasteiger partial charge in [-0.25, -0.2) is 14.8 Å². The topological polar surface area (TPSA) is 109 Å². The highest BCUT2D eigenvalue weighted by molar-refractivity contribution is 5.94. The van der Waals surface area contributed by atoms with Gasteiger partial charge < -0.3 is 15.0 Å². The average molecular weight is 350 g/mol. The number of rotatable bonds is 2. The van der Waals surface area contributed by atoms with Crippen molar-refractivity contribution >= 4 is 28.2 Å². The van der Waals surface area contributed by atoms with Crippen LogP contribution in [0.2, 0.25) is 0 Å². The monoisotopic (exact) mass is 350 g/mol. The first-order valence-corrected chi connectivity index (χ1v) is 8.17. The summed E-state index contributed by atoms with van der Waals surface area (Å²) in [5.74, 6) is 0.329. The van der Waals surface area contributed by atoms with Crippen LogP contribution in [-0.4, -0.2) is 36.8 Å². The van der Waals surface area contributed by atoms with Crippen LogP contribution in [0.5, 0.6) is 5.75 Å². The van der Waals surface area contributed by atoms with E-state index in [2.05, 4.69) is 30.5 Å². The molecule has 0 radical (unpaired) electrons. The SMILES string of the molecule is CC(C)(C)NC(=O)Oc1c[nH]c2ncc(-c3cccc4[nH]ncc34)nc12. The van der Waals surface area contributed by atoms with Crippen molar-refractivity contribution in [2.45, 2.75) is 26.3 Å². The standard InChI is InChI=1S/C18H18N6O2/c1-18(2,3)23-17(25)26-14-9-20-16-15(14)22-13(8-19-16)10-5-4-6-12-11(10)7-21-24-12/h4-9H,1-3H3,(H,19,20)(H,21,24)(H,23,25). The first-order chi connectivity index (χ1) is 12.4. The maximum absolute atomic E-state index is 12.1. The molecule has 4 aromatic rings. The van der Waals surface area contributed by atoms with E-state index in [-0.39, 0.29) is 0 Å². The maximum Gasteiger partial charge on any atom is 0.413 e. The summed E-state index contributed by atoms with van der Waals surface area (Å²) in [6.45, 7) is 5.65. The van der Waals surface area contributed by atoms with Gasteiger partial charge in [-0.1, -0.05) is 12.1 Å².